The lowest BCUT2D eigenvalue weighted by molar-refractivity contribution is -0.0335. The van der Waals surface area contributed by atoms with Gasteiger partial charge in [-0.25, -0.2) is 24.5 Å². The highest BCUT2D eigenvalue weighted by atomic mass is 31.2. The van der Waals surface area contributed by atoms with Gasteiger partial charge in [0.05, 0.1) is 31.7 Å². The van der Waals surface area contributed by atoms with Gasteiger partial charge >= 0.3 is 19.9 Å². The van der Waals surface area contributed by atoms with Crippen molar-refractivity contribution in [1.82, 2.24) is 19.5 Å². The Bertz CT molecular complexity index is 1020. The number of hydrogen-bond donors (Lipinski definition) is 1. The van der Waals surface area contributed by atoms with Crippen LogP contribution in [0.2, 0.25) is 0 Å². The zero-order chi connectivity index (χ0) is 25.8. The Labute approximate surface area is 201 Å². The summed E-state index contributed by atoms with van der Waals surface area (Å²) in [4.78, 5) is 35.2. The number of fused-ring (bicyclic) bond motifs is 1. The molecule has 2 aromatic heterocycles. The van der Waals surface area contributed by atoms with Gasteiger partial charge < -0.3 is 34.0 Å². The van der Waals surface area contributed by atoms with Crippen LogP contribution in [-0.4, -0.2) is 70.6 Å². The molecule has 0 aliphatic heterocycles. The highest BCUT2D eigenvalue weighted by Gasteiger charge is 2.28. The monoisotopic (exact) mass is 519 g/mol. The molecule has 0 saturated carbocycles. The first-order valence-corrected chi connectivity index (χ1v) is 12.4. The smallest absolute Gasteiger partial charge is 0.434 e. The zero-order valence-corrected chi connectivity index (χ0v) is 20.8. The van der Waals surface area contributed by atoms with Crippen LogP contribution in [0.3, 0.4) is 0 Å². The molecule has 0 bridgehead atoms. The van der Waals surface area contributed by atoms with Crippen LogP contribution in [0.4, 0.5) is 15.4 Å². The fourth-order valence-corrected chi connectivity index (χ4v) is 3.54. The lowest BCUT2D eigenvalue weighted by Crippen LogP contribution is -2.20. The number of anilines is 1. The fourth-order valence-electron chi connectivity index (χ4n) is 2.46. The summed E-state index contributed by atoms with van der Waals surface area (Å²) >= 11 is 0. The Hall–Kier alpha value is -3.00. The van der Waals surface area contributed by atoms with Crippen molar-refractivity contribution in [2.24, 2.45) is 0 Å². The maximum absolute atomic E-state index is 13.1. The van der Waals surface area contributed by atoms with E-state index in [0.29, 0.717) is 17.6 Å². The molecule has 0 aliphatic carbocycles. The third kappa shape index (κ3) is 9.64. The summed E-state index contributed by atoms with van der Waals surface area (Å²) in [6, 6.07) is 0. The van der Waals surface area contributed by atoms with Crippen LogP contribution in [0.1, 0.15) is 34.1 Å². The normalized spacial score (nSPS) is 13.9. The largest absolute Gasteiger partial charge is 0.510 e. The highest BCUT2D eigenvalue weighted by Crippen LogP contribution is 2.48. The third-order valence-corrected chi connectivity index (χ3v) is 5.47. The zero-order valence-electron chi connectivity index (χ0n) is 19.9. The average molecular weight is 519 g/mol. The second kappa shape index (κ2) is 13.8. The van der Waals surface area contributed by atoms with Gasteiger partial charge in [-0.2, -0.15) is 0 Å². The quantitative estimate of drug-likeness (QED) is 0.218. The number of carbonyl (C=O) groups is 2. The summed E-state index contributed by atoms with van der Waals surface area (Å²) in [5.41, 5.74) is 6.73. The van der Waals surface area contributed by atoms with E-state index in [0.717, 1.165) is 0 Å². The Morgan fingerprint density at radius 3 is 2.40 bits per heavy atom. The molecule has 2 atom stereocenters. The van der Waals surface area contributed by atoms with Crippen LogP contribution in [0.25, 0.3) is 11.2 Å². The lowest BCUT2D eigenvalue weighted by Gasteiger charge is -2.21. The Kier molecular flexibility index (Phi) is 11.1. The molecule has 0 aromatic carbocycles. The minimum Gasteiger partial charge on any atom is -0.434 e. The molecule has 0 radical (unpaired) electrons. The molecule has 0 saturated heterocycles. The lowest BCUT2D eigenvalue weighted by atomic mass is 10.4. The summed E-state index contributed by atoms with van der Waals surface area (Å²) < 4.78 is 49.6. The van der Waals surface area contributed by atoms with Gasteiger partial charge in [-0.1, -0.05) is 6.92 Å². The minimum atomic E-state index is -4.05. The first-order chi connectivity index (χ1) is 16.6. The van der Waals surface area contributed by atoms with Crippen LogP contribution < -0.4 is 5.73 Å². The molecular formula is C19H30N5O10P. The topological polar surface area (TPSA) is 185 Å². The van der Waals surface area contributed by atoms with Crippen molar-refractivity contribution in [1.29, 1.82) is 0 Å². The van der Waals surface area contributed by atoms with Crippen molar-refractivity contribution in [3.8, 4) is 0 Å². The van der Waals surface area contributed by atoms with Gasteiger partial charge in [-0.05, 0) is 27.2 Å². The molecule has 16 heteroatoms. The molecule has 2 rings (SSSR count). The summed E-state index contributed by atoms with van der Waals surface area (Å²) in [6.07, 6.45) is -0.0833. The molecule has 2 heterocycles. The molecule has 196 valence electrons. The van der Waals surface area contributed by atoms with E-state index in [4.69, 9.17) is 38.5 Å². The van der Waals surface area contributed by atoms with Crippen molar-refractivity contribution < 1.29 is 46.9 Å². The second-order valence-electron chi connectivity index (χ2n) is 7.34. The molecule has 0 amide bonds. The number of carbonyl (C=O) groups excluding carboxylic acids is 2. The van der Waals surface area contributed by atoms with Crippen LogP contribution in [0, 0.1) is 0 Å². The van der Waals surface area contributed by atoms with E-state index in [2.05, 4.69) is 15.0 Å². The Balaban J connectivity index is 1.94. The Morgan fingerprint density at radius 2 is 1.74 bits per heavy atom. The van der Waals surface area contributed by atoms with Gasteiger partial charge in [-0.3, -0.25) is 13.6 Å². The van der Waals surface area contributed by atoms with Gasteiger partial charge in [0.25, 0.3) is 0 Å². The molecule has 2 aromatic rings. The van der Waals surface area contributed by atoms with Crippen LogP contribution in [0.5, 0.6) is 0 Å². The van der Waals surface area contributed by atoms with Gasteiger partial charge in [-0.15, -0.1) is 0 Å². The van der Waals surface area contributed by atoms with E-state index >= 15 is 0 Å². The third-order valence-electron chi connectivity index (χ3n) is 4.01. The Morgan fingerprint density at radius 1 is 1.06 bits per heavy atom. The first kappa shape index (κ1) is 28.2. The van der Waals surface area contributed by atoms with E-state index in [-0.39, 0.29) is 19.0 Å². The van der Waals surface area contributed by atoms with Gasteiger partial charge in [0.15, 0.2) is 11.5 Å². The van der Waals surface area contributed by atoms with Gasteiger partial charge in [0, 0.05) is 0 Å². The van der Waals surface area contributed by atoms with Crippen molar-refractivity contribution in [3.63, 3.8) is 0 Å². The number of rotatable bonds is 14. The van der Waals surface area contributed by atoms with E-state index < -0.39 is 52.0 Å². The standard InChI is InChI=1S/C19H30N5O10P/c1-5-6-28-18(25)29-10-32-35(27,33-11-30-19(26)34-13(2)3)12-31-14(4)7-24-9-23-15-16(20)21-8-22-17(15)24/h8-9,13-14H,5-7,10-12H2,1-4H3,(H2,20,21,22). The number of ether oxygens (including phenoxy) is 5. The first-order valence-electron chi connectivity index (χ1n) is 10.7. The predicted molar refractivity (Wildman–Crippen MR) is 120 cm³/mol. The second-order valence-corrected chi connectivity index (χ2v) is 9.34. The SMILES string of the molecule is CCCOC(=O)OCOP(=O)(COC(C)Cn1cnc2c(N)ncnc21)OCOC(=O)OC(C)C. The summed E-state index contributed by atoms with van der Waals surface area (Å²) in [6.45, 7) is 5.70. The number of hydrogen-bond acceptors (Lipinski definition) is 14. The van der Waals surface area contributed by atoms with Crippen LogP contribution >= 0.6 is 7.60 Å². The van der Waals surface area contributed by atoms with Crippen molar-refractivity contribution in [2.45, 2.75) is 52.9 Å². The number of imidazole rings is 1. The van der Waals surface area contributed by atoms with Crippen LogP contribution in [0.15, 0.2) is 12.7 Å². The number of nitrogen functional groups attached to an aromatic ring is 1. The van der Waals surface area contributed by atoms with E-state index in [1.807, 2.05) is 6.92 Å². The van der Waals surface area contributed by atoms with E-state index in [1.54, 1.807) is 25.3 Å². The van der Waals surface area contributed by atoms with Gasteiger partial charge in [0.2, 0.25) is 13.6 Å². The molecule has 0 aliphatic rings. The van der Waals surface area contributed by atoms with Gasteiger partial charge in [0.1, 0.15) is 18.2 Å². The average Bonchev–Trinajstić information content (AvgIpc) is 3.20. The molecule has 0 spiro atoms. The maximum atomic E-state index is 13.1. The van der Waals surface area contributed by atoms with E-state index in [9.17, 15) is 14.2 Å². The summed E-state index contributed by atoms with van der Waals surface area (Å²) in [5.74, 6) is 0.238. The number of aromatic nitrogens is 4. The maximum Gasteiger partial charge on any atom is 0.510 e. The van der Waals surface area contributed by atoms with Crippen molar-refractivity contribution in [2.75, 3.05) is 32.3 Å². The molecular weight excluding hydrogens is 489 g/mol. The van der Waals surface area contributed by atoms with Crippen LogP contribution in [-0.2, 0) is 43.8 Å². The molecule has 15 nitrogen and oxygen atoms in total. The molecule has 0 fully saturated rings. The molecule has 2 N–H and O–H groups in total. The molecule has 35 heavy (non-hydrogen) atoms. The summed E-state index contributed by atoms with van der Waals surface area (Å²) in [5, 5.41) is 0. The van der Waals surface area contributed by atoms with E-state index in [1.165, 1.54) is 12.7 Å². The summed E-state index contributed by atoms with van der Waals surface area (Å²) in [7, 11) is -4.05. The number of nitrogens with two attached hydrogens (primary N) is 1. The molecule has 2 unspecified atom stereocenters. The van der Waals surface area contributed by atoms with Crippen molar-refractivity contribution in [3.05, 3.63) is 12.7 Å². The fraction of sp³-hybridized carbons (Fsp3) is 0.632. The highest BCUT2D eigenvalue weighted by molar-refractivity contribution is 7.53. The van der Waals surface area contributed by atoms with Crippen molar-refractivity contribution >= 4 is 36.9 Å². The number of nitrogens with zero attached hydrogens (tertiary/aromatic N) is 4. The minimum absolute atomic E-state index is 0.152. The predicted octanol–water partition coefficient (Wildman–Crippen LogP) is 3.04.